The molecule has 1 saturated heterocycles. The fraction of sp³-hybridized carbons (Fsp3) is 0.385. The van der Waals surface area contributed by atoms with Crippen molar-refractivity contribution in [3.8, 4) is 0 Å². The SMILES string of the molecule is C1CNCCNC1.c1ccc2sccc2c1. The quantitative estimate of drug-likeness (QED) is 0.732. The Morgan fingerprint density at radius 3 is 2.38 bits per heavy atom. The van der Waals surface area contributed by atoms with Gasteiger partial charge in [-0.25, -0.2) is 0 Å². The first-order valence-electron chi connectivity index (χ1n) is 5.80. The maximum absolute atomic E-state index is 3.28. The van der Waals surface area contributed by atoms with E-state index in [2.05, 4.69) is 46.3 Å². The summed E-state index contributed by atoms with van der Waals surface area (Å²) in [6, 6.07) is 10.5. The average molecular weight is 234 g/mol. The van der Waals surface area contributed by atoms with Crippen molar-refractivity contribution in [3.05, 3.63) is 35.7 Å². The van der Waals surface area contributed by atoms with Crippen molar-refractivity contribution in [1.29, 1.82) is 0 Å². The smallest absolute Gasteiger partial charge is 0.0342 e. The summed E-state index contributed by atoms with van der Waals surface area (Å²) in [6.45, 7) is 4.65. The van der Waals surface area contributed by atoms with Crippen LogP contribution in [-0.2, 0) is 0 Å². The van der Waals surface area contributed by atoms with Crippen LogP contribution in [-0.4, -0.2) is 26.2 Å². The maximum Gasteiger partial charge on any atom is 0.0342 e. The Labute approximate surface area is 101 Å². The second kappa shape index (κ2) is 6.63. The topological polar surface area (TPSA) is 24.1 Å². The molecule has 2 N–H and O–H groups in total. The third kappa shape index (κ3) is 3.59. The minimum Gasteiger partial charge on any atom is -0.315 e. The molecule has 86 valence electrons. The van der Waals surface area contributed by atoms with Gasteiger partial charge in [0, 0.05) is 17.8 Å². The van der Waals surface area contributed by atoms with Crippen LogP contribution in [0.4, 0.5) is 0 Å². The zero-order valence-electron chi connectivity index (χ0n) is 9.41. The summed E-state index contributed by atoms with van der Waals surface area (Å²) in [6.07, 6.45) is 1.28. The molecule has 16 heavy (non-hydrogen) atoms. The third-order valence-corrected chi connectivity index (χ3v) is 3.45. The molecular formula is C13H18N2S. The number of nitrogens with one attached hydrogen (secondary N) is 2. The zero-order valence-corrected chi connectivity index (χ0v) is 10.2. The molecule has 1 aromatic heterocycles. The minimum atomic E-state index is 1.14. The number of thiophene rings is 1. The lowest BCUT2D eigenvalue weighted by molar-refractivity contribution is 0.718. The van der Waals surface area contributed by atoms with Crippen LogP contribution in [0.25, 0.3) is 10.1 Å². The van der Waals surface area contributed by atoms with Crippen molar-refractivity contribution < 1.29 is 0 Å². The van der Waals surface area contributed by atoms with Gasteiger partial charge in [-0.05, 0) is 42.4 Å². The molecule has 0 amide bonds. The zero-order chi connectivity index (χ0) is 11.1. The average Bonchev–Trinajstić information content (AvgIpc) is 2.61. The van der Waals surface area contributed by atoms with Gasteiger partial charge in [-0.2, -0.15) is 0 Å². The predicted molar refractivity (Wildman–Crippen MR) is 72.2 cm³/mol. The molecule has 0 bridgehead atoms. The highest BCUT2D eigenvalue weighted by Crippen LogP contribution is 2.18. The van der Waals surface area contributed by atoms with Crippen LogP contribution >= 0.6 is 11.3 Å². The van der Waals surface area contributed by atoms with Gasteiger partial charge in [0.2, 0.25) is 0 Å². The largest absolute Gasteiger partial charge is 0.315 e. The van der Waals surface area contributed by atoms with E-state index in [0.29, 0.717) is 0 Å². The van der Waals surface area contributed by atoms with Gasteiger partial charge in [-0.3, -0.25) is 0 Å². The van der Waals surface area contributed by atoms with E-state index < -0.39 is 0 Å². The Morgan fingerprint density at radius 2 is 1.62 bits per heavy atom. The lowest BCUT2D eigenvalue weighted by Crippen LogP contribution is -2.21. The fourth-order valence-electron chi connectivity index (χ4n) is 1.67. The van der Waals surface area contributed by atoms with E-state index in [1.165, 1.54) is 29.6 Å². The Morgan fingerprint density at radius 1 is 0.875 bits per heavy atom. The molecule has 1 aromatic carbocycles. The molecular weight excluding hydrogens is 216 g/mol. The highest BCUT2D eigenvalue weighted by atomic mass is 32.1. The Bertz CT molecular complexity index is 361. The van der Waals surface area contributed by atoms with E-state index in [0.717, 1.165) is 13.1 Å². The van der Waals surface area contributed by atoms with Crippen LogP contribution in [0.15, 0.2) is 35.7 Å². The van der Waals surface area contributed by atoms with Crippen molar-refractivity contribution in [1.82, 2.24) is 10.6 Å². The standard InChI is InChI=1S/C8H6S.C5H12N2/c1-2-4-8-7(3-1)5-6-9-8;1-2-6-4-5-7-3-1/h1-6H;6-7H,1-5H2. The van der Waals surface area contributed by atoms with E-state index in [1.54, 1.807) is 11.3 Å². The van der Waals surface area contributed by atoms with Crippen molar-refractivity contribution in [2.75, 3.05) is 26.2 Å². The van der Waals surface area contributed by atoms with E-state index in [1.807, 2.05) is 0 Å². The van der Waals surface area contributed by atoms with E-state index in [-0.39, 0.29) is 0 Å². The van der Waals surface area contributed by atoms with Gasteiger partial charge in [0.1, 0.15) is 0 Å². The maximum atomic E-state index is 3.28. The van der Waals surface area contributed by atoms with Crippen LogP contribution in [0.1, 0.15) is 6.42 Å². The van der Waals surface area contributed by atoms with Crippen molar-refractivity contribution in [2.24, 2.45) is 0 Å². The van der Waals surface area contributed by atoms with E-state index in [4.69, 9.17) is 0 Å². The molecule has 1 fully saturated rings. The minimum absolute atomic E-state index is 1.14. The first-order valence-corrected chi connectivity index (χ1v) is 6.68. The first kappa shape index (κ1) is 11.6. The molecule has 3 heteroatoms. The summed E-state index contributed by atoms with van der Waals surface area (Å²) < 4.78 is 1.37. The number of hydrogen-bond donors (Lipinski definition) is 2. The van der Waals surface area contributed by atoms with Gasteiger partial charge in [-0.1, -0.05) is 18.2 Å². The number of fused-ring (bicyclic) bond motifs is 1. The highest BCUT2D eigenvalue weighted by Gasteiger charge is 1.92. The predicted octanol–water partition coefficient (Wildman–Crippen LogP) is 2.47. The highest BCUT2D eigenvalue weighted by molar-refractivity contribution is 7.17. The molecule has 0 radical (unpaired) electrons. The Hall–Kier alpha value is -0.900. The van der Waals surface area contributed by atoms with Gasteiger partial charge in [0.25, 0.3) is 0 Å². The summed E-state index contributed by atoms with van der Waals surface area (Å²) in [7, 11) is 0. The van der Waals surface area contributed by atoms with Crippen molar-refractivity contribution >= 4 is 21.4 Å². The van der Waals surface area contributed by atoms with Crippen LogP contribution in [0.5, 0.6) is 0 Å². The summed E-state index contributed by atoms with van der Waals surface area (Å²) >= 11 is 1.79. The van der Waals surface area contributed by atoms with Crippen LogP contribution in [0.3, 0.4) is 0 Å². The molecule has 0 saturated carbocycles. The van der Waals surface area contributed by atoms with Crippen LogP contribution in [0, 0.1) is 0 Å². The van der Waals surface area contributed by atoms with Gasteiger partial charge < -0.3 is 10.6 Å². The normalized spacial score (nSPS) is 16.2. The van der Waals surface area contributed by atoms with E-state index >= 15 is 0 Å². The lowest BCUT2D eigenvalue weighted by atomic mass is 10.3. The Balaban J connectivity index is 0.000000125. The molecule has 0 spiro atoms. The van der Waals surface area contributed by atoms with Crippen LogP contribution in [0.2, 0.25) is 0 Å². The molecule has 0 aliphatic carbocycles. The molecule has 3 rings (SSSR count). The van der Waals surface area contributed by atoms with Crippen molar-refractivity contribution in [3.63, 3.8) is 0 Å². The van der Waals surface area contributed by atoms with E-state index in [9.17, 15) is 0 Å². The second-order valence-corrected chi connectivity index (χ2v) is 4.76. The summed E-state index contributed by atoms with van der Waals surface area (Å²) in [5, 5.41) is 10.0. The number of benzene rings is 1. The molecule has 1 aliphatic heterocycles. The van der Waals surface area contributed by atoms with Gasteiger partial charge in [0.05, 0.1) is 0 Å². The molecule has 2 nitrogen and oxygen atoms in total. The summed E-state index contributed by atoms with van der Waals surface area (Å²) in [5.41, 5.74) is 0. The third-order valence-electron chi connectivity index (χ3n) is 2.55. The second-order valence-electron chi connectivity index (χ2n) is 3.81. The van der Waals surface area contributed by atoms with Gasteiger partial charge in [-0.15, -0.1) is 11.3 Å². The summed E-state index contributed by atoms with van der Waals surface area (Å²) in [5.74, 6) is 0. The number of hydrogen-bond acceptors (Lipinski definition) is 3. The molecule has 2 heterocycles. The monoisotopic (exact) mass is 234 g/mol. The molecule has 0 unspecified atom stereocenters. The summed E-state index contributed by atoms with van der Waals surface area (Å²) in [4.78, 5) is 0. The lowest BCUT2D eigenvalue weighted by Gasteiger charge is -1.92. The molecule has 1 aliphatic rings. The fourth-order valence-corrected chi connectivity index (χ4v) is 2.46. The van der Waals surface area contributed by atoms with Gasteiger partial charge >= 0.3 is 0 Å². The molecule has 0 atom stereocenters. The number of rotatable bonds is 0. The van der Waals surface area contributed by atoms with Crippen LogP contribution < -0.4 is 10.6 Å². The molecule has 2 aromatic rings. The Kier molecular flexibility index (Phi) is 4.80. The first-order chi connectivity index (χ1) is 7.97. The van der Waals surface area contributed by atoms with Gasteiger partial charge in [0.15, 0.2) is 0 Å². The van der Waals surface area contributed by atoms with Crippen molar-refractivity contribution in [2.45, 2.75) is 6.42 Å².